The molecule has 0 bridgehead atoms. The highest BCUT2D eigenvalue weighted by Crippen LogP contribution is 2.34. The van der Waals surface area contributed by atoms with Crippen molar-refractivity contribution in [1.29, 1.82) is 0 Å². The van der Waals surface area contributed by atoms with Crippen molar-refractivity contribution in [3.05, 3.63) is 65.9 Å². The van der Waals surface area contributed by atoms with E-state index in [4.69, 9.17) is 4.74 Å². The van der Waals surface area contributed by atoms with Gasteiger partial charge in [0.25, 0.3) is 0 Å². The predicted octanol–water partition coefficient (Wildman–Crippen LogP) is 5.16. The number of aromatic nitrogens is 1. The third-order valence-electron chi connectivity index (χ3n) is 6.48. The number of amides is 2. The molecule has 2 amide bonds. The molecule has 8 nitrogen and oxygen atoms in total. The van der Waals surface area contributed by atoms with Crippen LogP contribution in [0, 0.1) is 5.92 Å². The first-order chi connectivity index (χ1) is 17.1. The van der Waals surface area contributed by atoms with Gasteiger partial charge in [0.05, 0.1) is 5.92 Å². The van der Waals surface area contributed by atoms with Crippen molar-refractivity contribution in [3.8, 4) is 0 Å². The number of carboxylic acid groups (broad SMARTS) is 1. The van der Waals surface area contributed by atoms with E-state index in [9.17, 15) is 19.5 Å². The van der Waals surface area contributed by atoms with Gasteiger partial charge >= 0.3 is 12.1 Å². The van der Waals surface area contributed by atoms with Crippen molar-refractivity contribution in [3.63, 3.8) is 0 Å². The van der Waals surface area contributed by atoms with Gasteiger partial charge in [0.1, 0.15) is 5.60 Å². The van der Waals surface area contributed by atoms with Crippen LogP contribution in [0.2, 0.25) is 0 Å². The van der Waals surface area contributed by atoms with Gasteiger partial charge in [0.15, 0.2) is 0 Å². The second-order valence-electron chi connectivity index (χ2n) is 10.3. The molecule has 1 aliphatic rings. The Bertz CT molecular complexity index is 1260. The summed E-state index contributed by atoms with van der Waals surface area (Å²) in [5, 5.41) is 13.9. The first-order valence-electron chi connectivity index (χ1n) is 12.3. The van der Waals surface area contributed by atoms with Crippen molar-refractivity contribution < 1.29 is 24.2 Å². The van der Waals surface area contributed by atoms with Crippen molar-refractivity contribution in [2.24, 2.45) is 5.92 Å². The Hall–Kier alpha value is -3.81. The lowest BCUT2D eigenvalue weighted by Gasteiger charge is -2.37. The number of likely N-dealkylation sites (tertiary alicyclic amines) is 1. The van der Waals surface area contributed by atoms with Crippen LogP contribution in [0.25, 0.3) is 10.9 Å². The topological polar surface area (TPSA) is 112 Å². The second kappa shape index (κ2) is 10.4. The quantitative estimate of drug-likeness (QED) is 0.441. The number of hydrogen-bond donors (Lipinski definition) is 3. The molecule has 1 aromatic heterocycles. The standard InChI is InChI=1S/C28H33N3O5/c1-28(2,3)36-27(35)31-14-13-22(26(33)34)23(17-31)18-7-6-8-20(15-18)30-25(32)12-11-19-16-29-24-10-5-4-9-21(19)24/h4-10,15-16,22-23,29H,11-14,17H2,1-3H3,(H,30,32)(H,33,34)/t22-,23+/m1/s1. The number of para-hydroxylation sites is 1. The fourth-order valence-electron chi connectivity index (χ4n) is 4.73. The summed E-state index contributed by atoms with van der Waals surface area (Å²) in [6.45, 7) is 5.97. The summed E-state index contributed by atoms with van der Waals surface area (Å²) in [6.07, 6.45) is 2.74. The molecule has 4 rings (SSSR count). The molecule has 36 heavy (non-hydrogen) atoms. The third-order valence-corrected chi connectivity index (χ3v) is 6.48. The number of carboxylic acids is 1. The highest BCUT2D eigenvalue weighted by molar-refractivity contribution is 5.91. The number of nitrogens with zero attached hydrogens (tertiary/aromatic N) is 1. The Labute approximate surface area is 210 Å². The zero-order valence-electron chi connectivity index (χ0n) is 20.9. The normalized spacial score (nSPS) is 18.1. The number of rotatable bonds is 6. The molecule has 2 atom stereocenters. The SMILES string of the molecule is CC(C)(C)OC(=O)N1CC[C@@H](C(=O)O)[C@H](c2cccc(NC(=O)CCc3c[nH]c4ccccc34)c2)C1. The van der Waals surface area contributed by atoms with Crippen LogP contribution < -0.4 is 5.32 Å². The number of piperidine rings is 1. The molecule has 1 aliphatic heterocycles. The number of H-pyrrole nitrogens is 1. The Morgan fingerprint density at radius 1 is 1.14 bits per heavy atom. The number of carbonyl (C=O) groups is 3. The summed E-state index contributed by atoms with van der Waals surface area (Å²) in [5.74, 6) is -2.05. The number of benzene rings is 2. The summed E-state index contributed by atoms with van der Waals surface area (Å²) >= 11 is 0. The first kappa shape index (κ1) is 25.3. The van der Waals surface area contributed by atoms with E-state index < -0.39 is 29.5 Å². The van der Waals surface area contributed by atoms with E-state index >= 15 is 0 Å². The molecule has 2 aromatic carbocycles. The summed E-state index contributed by atoms with van der Waals surface area (Å²) in [6, 6.07) is 15.2. The zero-order valence-corrected chi connectivity index (χ0v) is 20.9. The minimum absolute atomic E-state index is 0.119. The van der Waals surface area contributed by atoms with Crippen LogP contribution in [-0.2, 0) is 20.7 Å². The van der Waals surface area contributed by atoms with Gasteiger partial charge in [0.2, 0.25) is 5.91 Å². The van der Waals surface area contributed by atoms with E-state index in [0.29, 0.717) is 31.5 Å². The maximum Gasteiger partial charge on any atom is 0.410 e. The summed E-state index contributed by atoms with van der Waals surface area (Å²) < 4.78 is 5.50. The molecule has 8 heteroatoms. The van der Waals surface area contributed by atoms with Crippen molar-refractivity contribution in [2.45, 2.75) is 51.6 Å². The van der Waals surface area contributed by atoms with Crippen molar-refractivity contribution in [2.75, 3.05) is 18.4 Å². The molecule has 2 heterocycles. The first-order valence-corrected chi connectivity index (χ1v) is 12.3. The molecule has 0 radical (unpaired) electrons. The molecule has 3 aromatic rings. The van der Waals surface area contributed by atoms with E-state index in [2.05, 4.69) is 10.3 Å². The van der Waals surface area contributed by atoms with Crippen LogP contribution in [0.4, 0.5) is 10.5 Å². The van der Waals surface area contributed by atoms with Crippen LogP contribution >= 0.6 is 0 Å². The summed E-state index contributed by atoms with van der Waals surface area (Å²) in [4.78, 5) is 42.1. The van der Waals surface area contributed by atoms with E-state index in [1.807, 2.05) is 42.6 Å². The number of carbonyl (C=O) groups excluding carboxylic acids is 2. The van der Waals surface area contributed by atoms with Crippen LogP contribution in [0.1, 0.15) is 50.7 Å². The molecule has 0 aliphatic carbocycles. The van der Waals surface area contributed by atoms with Gasteiger partial charge in [-0.3, -0.25) is 9.59 Å². The minimum Gasteiger partial charge on any atom is -0.481 e. The average Bonchev–Trinajstić information content (AvgIpc) is 3.24. The third kappa shape index (κ3) is 6.05. The van der Waals surface area contributed by atoms with Crippen molar-refractivity contribution in [1.82, 2.24) is 9.88 Å². The average molecular weight is 492 g/mol. The Morgan fingerprint density at radius 3 is 2.67 bits per heavy atom. The van der Waals surface area contributed by atoms with Gasteiger partial charge < -0.3 is 25.0 Å². The second-order valence-corrected chi connectivity index (χ2v) is 10.3. The lowest BCUT2D eigenvalue weighted by Crippen LogP contribution is -2.46. The minimum atomic E-state index is -0.892. The van der Waals surface area contributed by atoms with Crippen molar-refractivity contribution >= 4 is 34.6 Å². The maximum atomic E-state index is 12.7. The van der Waals surface area contributed by atoms with E-state index in [1.54, 1.807) is 37.8 Å². The lowest BCUT2D eigenvalue weighted by molar-refractivity contribution is -0.144. The number of aliphatic carboxylic acids is 1. The Morgan fingerprint density at radius 2 is 1.92 bits per heavy atom. The van der Waals surface area contributed by atoms with Gasteiger partial charge in [-0.15, -0.1) is 0 Å². The number of anilines is 1. The van der Waals surface area contributed by atoms with Gasteiger partial charge in [-0.25, -0.2) is 4.79 Å². The molecule has 0 unspecified atom stereocenters. The Balaban J connectivity index is 1.44. The highest BCUT2D eigenvalue weighted by atomic mass is 16.6. The molecule has 0 saturated carbocycles. The van der Waals surface area contributed by atoms with Crippen LogP contribution in [-0.4, -0.2) is 51.7 Å². The van der Waals surface area contributed by atoms with Crippen LogP contribution in [0.3, 0.4) is 0 Å². The zero-order chi connectivity index (χ0) is 25.9. The van der Waals surface area contributed by atoms with Crippen LogP contribution in [0.5, 0.6) is 0 Å². The molecule has 3 N–H and O–H groups in total. The monoisotopic (exact) mass is 491 g/mol. The largest absolute Gasteiger partial charge is 0.481 e. The number of aryl methyl sites for hydroxylation is 1. The number of fused-ring (bicyclic) bond motifs is 1. The molecule has 0 spiro atoms. The number of hydrogen-bond acceptors (Lipinski definition) is 4. The highest BCUT2D eigenvalue weighted by Gasteiger charge is 2.38. The molecule has 1 saturated heterocycles. The van der Waals surface area contributed by atoms with Crippen LogP contribution in [0.15, 0.2) is 54.7 Å². The predicted molar refractivity (Wildman–Crippen MR) is 138 cm³/mol. The maximum absolute atomic E-state index is 12.7. The molecule has 190 valence electrons. The summed E-state index contributed by atoms with van der Waals surface area (Å²) in [5.41, 5.74) is 2.87. The van der Waals surface area contributed by atoms with Gasteiger partial charge in [0, 0.05) is 48.2 Å². The molecular formula is C28H33N3O5. The number of ether oxygens (including phenoxy) is 1. The summed E-state index contributed by atoms with van der Waals surface area (Å²) in [7, 11) is 0. The fourth-order valence-corrected chi connectivity index (χ4v) is 4.73. The van der Waals surface area contributed by atoms with E-state index in [1.165, 1.54) is 0 Å². The fraction of sp³-hybridized carbons (Fsp3) is 0.393. The smallest absolute Gasteiger partial charge is 0.410 e. The molecule has 1 fully saturated rings. The molecular weight excluding hydrogens is 458 g/mol. The van der Waals surface area contributed by atoms with Gasteiger partial charge in [-0.05, 0) is 62.9 Å². The van der Waals surface area contributed by atoms with Gasteiger partial charge in [-0.2, -0.15) is 0 Å². The number of aromatic amines is 1. The number of nitrogens with one attached hydrogen (secondary N) is 2. The van der Waals surface area contributed by atoms with E-state index in [-0.39, 0.29) is 12.5 Å². The van der Waals surface area contributed by atoms with Gasteiger partial charge in [-0.1, -0.05) is 30.3 Å². The lowest BCUT2D eigenvalue weighted by atomic mass is 9.80. The van der Waals surface area contributed by atoms with E-state index in [0.717, 1.165) is 22.0 Å². The Kier molecular flexibility index (Phi) is 7.33.